The first-order valence-electron chi connectivity index (χ1n) is 4.48. The van der Waals surface area contributed by atoms with Crippen LogP contribution in [0.1, 0.15) is 20.3 Å². The van der Waals surface area contributed by atoms with Gasteiger partial charge in [-0.05, 0) is 29.1 Å². The van der Waals surface area contributed by atoms with E-state index in [1.54, 1.807) is 4.68 Å². The topological polar surface area (TPSA) is 84.7 Å². The molecule has 0 aliphatic heterocycles. The van der Waals surface area contributed by atoms with Gasteiger partial charge in [0.25, 0.3) is 0 Å². The van der Waals surface area contributed by atoms with Crippen LogP contribution in [0.5, 0.6) is 0 Å². The number of nitrogens with zero attached hydrogens (tertiary/aromatic N) is 4. The fourth-order valence-corrected chi connectivity index (χ4v) is 1.18. The van der Waals surface area contributed by atoms with Crippen molar-refractivity contribution in [1.29, 1.82) is 0 Å². The standard InChI is InChI=1S/C7H12N6OS/c1-3-4-13-6(10-11-12-13)9-7(15)8-5(2)14/h3-4H2,1-2H3,(H2,8,9,10,12,14,15). The third kappa shape index (κ3) is 3.58. The van der Waals surface area contributed by atoms with Crippen molar-refractivity contribution >= 4 is 29.2 Å². The van der Waals surface area contributed by atoms with Crippen LogP contribution in [0.2, 0.25) is 0 Å². The third-order valence-corrected chi connectivity index (χ3v) is 1.69. The Hall–Kier alpha value is -1.57. The van der Waals surface area contributed by atoms with Crippen LogP contribution < -0.4 is 10.6 Å². The van der Waals surface area contributed by atoms with Crippen molar-refractivity contribution in [3.8, 4) is 0 Å². The van der Waals surface area contributed by atoms with Crippen LogP contribution in [0.4, 0.5) is 5.95 Å². The van der Waals surface area contributed by atoms with Gasteiger partial charge in [0, 0.05) is 13.5 Å². The summed E-state index contributed by atoms with van der Waals surface area (Å²) in [5.74, 6) is 0.192. The van der Waals surface area contributed by atoms with Crippen molar-refractivity contribution in [2.45, 2.75) is 26.8 Å². The van der Waals surface area contributed by atoms with E-state index in [-0.39, 0.29) is 11.0 Å². The summed E-state index contributed by atoms with van der Waals surface area (Å²) in [5.41, 5.74) is 0. The van der Waals surface area contributed by atoms with Crippen molar-refractivity contribution in [2.75, 3.05) is 5.32 Å². The highest BCUT2D eigenvalue weighted by Gasteiger charge is 2.07. The van der Waals surface area contributed by atoms with Crippen LogP contribution in [0.25, 0.3) is 0 Å². The summed E-state index contributed by atoms with van der Waals surface area (Å²) in [7, 11) is 0. The van der Waals surface area contributed by atoms with Crippen molar-refractivity contribution in [3.05, 3.63) is 0 Å². The van der Waals surface area contributed by atoms with Gasteiger partial charge in [-0.3, -0.25) is 10.1 Å². The third-order valence-electron chi connectivity index (χ3n) is 1.48. The zero-order valence-electron chi connectivity index (χ0n) is 8.52. The van der Waals surface area contributed by atoms with Crippen LogP contribution in [0.15, 0.2) is 0 Å². The molecular weight excluding hydrogens is 216 g/mol. The molecule has 0 aliphatic carbocycles. The molecule has 0 fully saturated rings. The maximum Gasteiger partial charge on any atom is 0.249 e. The minimum atomic E-state index is -0.234. The molecule has 0 saturated carbocycles. The summed E-state index contributed by atoms with van der Waals surface area (Å²) < 4.78 is 1.58. The number of aromatic nitrogens is 4. The van der Waals surface area contributed by atoms with Crippen LogP contribution in [-0.4, -0.2) is 31.2 Å². The zero-order chi connectivity index (χ0) is 11.3. The number of amides is 1. The molecule has 0 bridgehead atoms. The molecule has 1 rings (SSSR count). The largest absolute Gasteiger partial charge is 0.303 e. The first kappa shape index (κ1) is 11.5. The molecule has 7 nitrogen and oxygen atoms in total. The van der Waals surface area contributed by atoms with E-state index in [0.29, 0.717) is 12.5 Å². The van der Waals surface area contributed by atoms with Gasteiger partial charge >= 0.3 is 0 Å². The van der Waals surface area contributed by atoms with Gasteiger partial charge in [-0.25, -0.2) is 4.68 Å². The maximum atomic E-state index is 10.7. The molecule has 15 heavy (non-hydrogen) atoms. The number of tetrazole rings is 1. The molecular formula is C7H12N6OS. The SMILES string of the molecule is CCCn1nnnc1NC(=S)NC(C)=O. The Kier molecular flexibility index (Phi) is 4.10. The first-order valence-corrected chi connectivity index (χ1v) is 4.89. The molecule has 1 amide bonds. The fourth-order valence-electron chi connectivity index (χ4n) is 0.949. The number of anilines is 1. The molecule has 82 valence electrons. The van der Waals surface area contributed by atoms with E-state index in [2.05, 4.69) is 26.2 Å². The van der Waals surface area contributed by atoms with E-state index >= 15 is 0 Å². The average Bonchev–Trinajstić information content (AvgIpc) is 2.52. The predicted octanol–water partition coefficient (Wildman–Crippen LogP) is -0.0840. The van der Waals surface area contributed by atoms with Gasteiger partial charge in [-0.2, -0.15) is 0 Å². The number of nitrogens with one attached hydrogen (secondary N) is 2. The second-order valence-corrected chi connectivity index (χ2v) is 3.27. The van der Waals surface area contributed by atoms with Crippen molar-refractivity contribution in [1.82, 2.24) is 25.5 Å². The van der Waals surface area contributed by atoms with Crippen molar-refractivity contribution in [2.24, 2.45) is 0 Å². The summed E-state index contributed by atoms with van der Waals surface area (Å²) >= 11 is 4.87. The first-order chi connectivity index (χ1) is 7.13. The van der Waals surface area contributed by atoms with E-state index in [1.807, 2.05) is 6.92 Å². The highest BCUT2D eigenvalue weighted by atomic mass is 32.1. The van der Waals surface area contributed by atoms with Crippen LogP contribution in [0.3, 0.4) is 0 Å². The lowest BCUT2D eigenvalue weighted by Gasteiger charge is -2.06. The van der Waals surface area contributed by atoms with Crippen molar-refractivity contribution < 1.29 is 4.79 Å². The van der Waals surface area contributed by atoms with E-state index in [4.69, 9.17) is 12.2 Å². The summed E-state index contributed by atoms with van der Waals surface area (Å²) in [5, 5.41) is 16.3. The molecule has 0 atom stereocenters. The molecule has 8 heteroatoms. The number of hydrogen-bond donors (Lipinski definition) is 2. The monoisotopic (exact) mass is 228 g/mol. The molecule has 0 unspecified atom stereocenters. The highest BCUT2D eigenvalue weighted by Crippen LogP contribution is 1.99. The molecule has 0 spiro atoms. The smallest absolute Gasteiger partial charge is 0.249 e. The van der Waals surface area contributed by atoms with Gasteiger partial charge in [0.05, 0.1) is 0 Å². The summed E-state index contributed by atoms with van der Waals surface area (Å²) in [6.45, 7) is 4.08. The van der Waals surface area contributed by atoms with Gasteiger partial charge in [-0.15, -0.1) is 0 Å². The summed E-state index contributed by atoms with van der Waals surface area (Å²) in [4.78, 5) is 10.7. The van der Waals surface area contributed by atoms with Gasteiger partial charge in [-0.1, -0.05) is 12.0 Å². The molecule has 0 aliphatic rings. The number of hydrogen-bond acceptors (Lipinski definition) is 5. The van der Waals surface area contributed by atoms with Crippen LogP contribution >= 0.6 is 12.2 Å². The molecule has 0 radical (unpaired) electrons. The lowest BCUT2D eigenvalue weighted by molar-refractivity contribution is -0.117. The Bertz CT molecular complexity index is 362. The number of thiocarbonyl (C=S) groups is 1. The quantitative estimate of drug-likeness (QED) is 0.704. The molecule has 1 heterocycles. The van der Waals surface area contributed by atoms with E-state index in [0.717, 1.165) is 6.42 Å². The normalized spacial score (nSPS) is 9.73. The molecule has 0 aromatic carbocycles. The van der Waals surface area contributed by atoms with Crippen molar-refractivity contribution in [3.63, 3.8) is 0 Å². The predicted molar refractivity (Wildman–Crippen MR) is 58.1 cm³/mol. The number of aryl methyl sites for hydroxylation is 1. The van der Waals surface area contributed by atoms with Gasteiger partial charge in [0.15, 0.2) is 5.11 Å². The number of carbonyl (C=O) groups excluding carboxylic acids is 1. The second-order valence-electron chi connectivity index (χ2n) is 2.86. The van der Waals surface area contributed by atoms with Gasteiger partial charge < -0.3 is 5.32 Å². The Morgan fingerprint density at radius 2 is 2.33 bits per heavy atom. The zero-order valence-corrected chi connectivity index (χ0v) is 9.34. The average molecular weight is 228 g/mol. The Morgan fingerprint density at radius 3 is 2.93 bits per heavy atom. The highest BCUT2D eigenvalue weighted by molar-refractivity contribution is 7.80. The summed E-state index contributed by atoms with van der Waals surface area (Å²) in [6, 6.07) is 0. The Balaban J connectivity index is 2.59. The Morgan fingerprint density at radius 1 is 1.60 bits per heavy atom. The van der Waals surface area contributed by atoms with Crippen LogP contribution in [0, 0.1) is 0 Å². The summed E-state index contributed by atoms with van der Waals surface area (Å²) in [6.07, 6.45) is 0.909. The van der Waals surface area contributed by atoms with E-state index in [1.165, 1.54) is 6.92 Å². The molecule has 1 aromatic rings. The second kappa shape index (κ2) is 5.35. The number of carbonyl (C=O) groups is 1. The lowest BCUT2D eigenvalue weighted by Crippen LogP contribution is -2.33. The minimum Gasteiger partial charge on any atom is -0.303 e. The van der Waals surface area contributed by atoms with E-state index < -0.39 is 0 Å². The van der Waals surface area contributed by atoms with E-state index in [9.17, 15) is 4.79 Å². The van der Waals surface area contributed by atoms with Gasteiger partial charge in [0.2, 0.25) is 11.9 Å². The van der Waals surface area contributed by atoms with Gasteiger partial charge in [0.1, 0.15) is 0 Å². The minimum absolute atomic E-state index is 0.189. The fraction of sp³-hybridized carbons (Fsp3) is 0.571. The lowest BCUT2D eigenvalue weighted by atomic mass is 10.5. The number of rotatable bonds is 3. The molecule has 1 aromatic heterocycles. The Labute approximate surface area is 92.2 Å². The maximum absolute atomic E-state index is 10.7. The molecule has 2 N–H and O–H groups in total. The molecule has 0 saturated heterocycles. The van der Waals surface area contributed by atoms with Crippen LogP contribution in [-0.2, 0) is 11.3 Å².